The molecule has 0 bridgehead atoms. The van der Waals surface area contributed by atoms with Crippen molar-refractivity contribution in [1.29, 1.82) is 0 Å². The Morgan fingerprint density at radius 2 is 2.00 bits per heavy atom. The summed E-state index contributed by atoms with van der Waals surface area (Å²) in [4.78, 5) is 8.29. The van der Waals surface area contributed by atoms with Crippen LogP contribution in [0.4, 0.5) is 0 Å². The molecule has 1 N–H and O–H groups in total. The Labute approximate surface area is 79.6 Å². The summed E-state index contributed by atoms with van der Waals surface area (Å²) in [6.45, 7) is 6.42. The Hall–Kier alpha value is -0.960. The first-order valence-electron chi connectivity index (χ1n) is 4.75. The Balaban J connectivity index is 2.13. The first-order chi connectivity index (χ1) is 6.29. The number of nitrogens with one attached hydrogen (secondary N) is 1. The van der Waals surface area contributed by atoms with Gasteiger partial charge in [-0.15, -0.1) is 0 Å². The van der Waals surface area contributed by atoms with Gasteiger partial charge in [-0.3, -0.25) is 0 Å². The molecule has 0 fully saturated rings. The number of hydrogen-bond donors (Lipinski definition) is 1. The molecule has 0 radical (unpaired) electrons. The zero-order chi connectivity index (χ0) is 9.52. The van der Waals surface area contributed by atoms with Crippen LogP contribution in [0.25, 0.3) is 0 Å². The van der Waals surface area contributed by atoms with E-state index in [4.69, 9.17) is 0 Å². The van der Waals surface area contributed by atoms with Crippen molar-refractivity contribution < 1.29 is 0 Å². The number of rotatable bonds is 5. The molecular weight excluding hydrogens is 162 g/mol. The van der Waals surface area contributed by atoms with Crippen LogP contribution in [0, 0.1) is 5.92 Å². The molecule has 3 heteroatoms. The largest absolute Gasteiger partial charge is 0.316 e. The summed E-state index contributed by atoms with van der Waals surface area (Å²) in [6, 6.07) is 1.84. The van der Waals surface area contributed by atoms with Gasteiger partial charge in [-0.05, 0) is 18.5 Å². The lowest BCUT2D eigenvalue weighted by Gasteiger charge is -2.05. The molecule has 0 saturated heterocycles. The summed E-state index contributed by atoms with van der Waals surface area (Å²) in [5.74, 6) is 1.62. The zero-order valence-electron chi connectivity index (χ0n) is 8.33. The van der Waals surface area contributed by atoms with Gasteiger partial charge in [0.2, 0.25) is 0 Å². The summed E-state index contributed by atoms with van der Waals surface area (Å²) in [6.07, 6.45) is 4.48. The fraction of sp³-hybridized carbons (Fsp3) is 0.600. The summed E-state index contributed by atoms with van der Waals surface area (Å²) in [7, 11) is 0. The third kappa shape index (κ3) is 4.58. The van der Waals surface area contributed by atoms with Crippen molar-refractivity contribution in [2.24, 2.45) is 5.92 Å². The van der Waals surface area contributed by atoms with Crippen LogP contribution in [0.5, 0.6) is 0 Å². The highest BCUT2D eigenvalue weighted by atomic mass is 14.9. The van der Waals surface area contributed by atoms with Crippen LogP contribution in [0.15, 0.2) is 18.5 Å². The fourth-order valence-electron chi connectivity index (χ4n) is 1.05. The molecule has 1 heterocycles. The molecule has 0 spiro atoms. The van der Waals surface area contributed by atoms with E-state index in [0.717, 1.165) is 25.3 Å². The van der Waals surface area contributed by atoms with Crippen LogP contribution in [0.3, 0.4) is 0 Å². The van der Waals surface area contributed by atoms with Crippen molar-refractivity contribution >= 4 is 0 Å². The molecule has 0 atom stereocenters. The van der Waals surface area contributed by atoms with Gasteiger partial charge in [0, 0.05) is 25.4 Å². The van der Waals surface area contributed by atoms with Crippen molar-refractivity contribution in [1.82, 2.24) is 15.3 Å². The van der Waals surface area contributed by atoms with Gasteiger partial charge in [-0.2, -0.15) is 0 Å². The van der Waals surface area contributed by atoms with E-state index >= 15 is 0 Å². The molecule has 0 aliphatic rings. The quantitative estimate of drug-likeness (QED) is 0.692. The van der Waals surface area contributed by atoms with Crippen LogP contribution in [-0.4, -0.2) is 23.1 Å². The van der Waals surface area contributed by atoms with Crippen LogP contribution in [0.2, 0.25) is 0 Å². The summed E-state index contributed by atoms with van der Waals surface area (Å²) >= 11 is 0. The minimum absolute atomic E-state index is 0.705. The molecule has 0 aromatic carbocycles. The van der Waals surface area contributed by atoms with E-state index in [0.29, 0.717) is 5.92 Å². The second kappa shape index (κ2) is 5.65. The van der Waals surface area contributed by atoms with Gasteiger partial charge in [0.05, 0.1) is 0 Å². The van der Waals surface area contributed by atoms with Gasteiger partial charge < -0.3 is 5.32 Å². The van der Waals surface area contributed by atoms with Crippen LogP contribution in [0.1, 0.15) is 19.7 Å². The van der Waals surface area contributed by atoms with Gasteiger partial charge in [0.1, 0.15) is 5.82 Å². The van der Waals surface area contributed by atoms with E-state index in [1.165, 1.54) is 0 Å². The first kappa shape index (κ1) is 10.1. The van der Waals surface area contributed by atoms with Crippen molar-refractivity contribution in [3.05, 3.63) is 24.3 Å². The molecule has 0 aliphatic carbocycles. The minimum atomic E-state index is 0.705. The normalized spacial score (nSPS) is 10.7. The predicted octanol–water partition coefficient (Wildman–Crippen LogP) is 1.26. The van der Waals surface area contributed by atoms with E-state index in [9.17, 15) is 0 Å². The van der Waals surface area contributed by atoms with E-state index in [1.54, 1.807) is 12.4 Å². The predicted molar refractivity (Wildman–Crippen MR) is 53.4 cm³/mol. The molecule has 72 valence electrons. The molecule has 1 rings (SSSR count). The Kier molecular flexibility index (Phi) is 4.40. The molecular formula is C10H17N3. The fourth-order valence-corrected chi connectivity index (χ4v) is 1.05. The van der Waals surface area contributed by atoms with E-state index in [1.807, 2.05) is 6.07 Å². The van der Waals surface area contributed by atoms with E-state index < -0.39 is 0 Å². The standard InChI is InChI=1S/C10H17N3/c1-9(2)8-11-7-4-10-12-5-3-6-13-10/h3,5-6,9,11H,4,7-8H2,1-2H3. The molecule has 1 aromatic heterocycles. The molecule has 0 amide bonds. The SMILES string of the molecule is CC(C)CNCCc1ncccn1. The van der Waals surface area contributed by atoms with Gasteiger partial charge in [0.15, 0.2) is 0 Å². The maximum Gasteiger partial charge on any atom is 0.129 e. The maximum atomic E-state index is 4.14. The monoisotopic (exact) mass is 179 g/mol. The van der Waals surface area contributed by atoms with Gasteiger partial charge in [-0.1, -0.05) is 13.8 Å². The van der Waals surface area contributed by atoms with Crippen LogP contribution >= 0.6 is 0 Å². The molecule has 3 nitrogen and oxygen atoms in total. The molecule has 0 unspecified atom stereocenters. The Morgan fingerprint density at radius 3 is 2.62 bits per heavy atom. The first-order valence-corrected chi connectivity index (χ1v) is 4.75. The lowest BCUT2D eigenvalue weighted by atomic mass is 10.2. The lowest BCUT2D eigenvalue weighted by molar-refractivity contribution is 0.550. The highest BCUT2D eigenvalue weighted by Gasteiger charge is 1.95. The Bertz CT molecular complexity index is 221. The smallest absolute Gasteiger partial charge is 0.129 e. The minimum Gasteiger partial charge on any atom is -0.316 e. The van der Waals surface area contributed by atoms with E-state index in [2.05, 4.69) is 29.1 Å². The highest BCUT2D eigenvalue weighted by molar-refractivity contribution is 4.88. The molecule has 1 aromatic rings. The van der Waals surface area contributed by atoms with Crippen molar-refractivity contribution in [3.8, 4) is 0 Å². The lowest BCUT2D eigenvalue weighted by Crippen LogP contribution is -2.22. The van der Waals surface area contributed by atoms with Crippen LogP contribution < -0.4 is 5.32 Å². The number of hydrogen-bond acceptors (Lipinski definition) is 3. The zero-order valence-corrected chi connectivity index (χ0v) is 8.33. The number of aromatic nitrogens is 2. The van der Waals surface area contributed by atoms with Crippen molar-refractivity contribution in [2.75, 3.05) is 13.1 Å². The average molecular weight is 179 g/mol. The van der Waals surface area contributed by atoms with Crippen LogP contribution in [-0.2, 0) is 6.42 Å². The topological polar surface area (TPSA) is 37.8 Å². The second-order valence-electron chi connectivity index (χ2n) is 3.51. The average Bonchev–Trinajstić information content (AvgIpc) is 2.14. The maximum absolute atomic E-state index is 4.14. The Morgan fingerprint density at radius 1 is 1.31 bits per heavy atom. The molecule has 0 saturated carbocycles. The summed E-state index contributed by atoms with van der Waals surface area (Å²) in [5.41, 5.74) is 0. The third-order valence-electron chi connectivity index (χ3n) is 1.70. The van der Waals surface area contributed by atoms with Gasteiger partial charge >= 0.3 is 0 Å². The van der Waals surface area contributed by atoms with Gasteiger partial charge in [0.25, 0.3) is 0 Å². The van der Waals surface area contributed by atoms with Gasteiger partial charge in [-0.25, -0.2) is 9.97 Å². The molecule has 13 heavy (non-hydrogen) atoms. The second-order valence-corrected chi connectivity index (χ2v) is 3.51. The van der Waals surface area contributed by atoms with Crippen molar-refractivity contribution in [2.45, 2.75) is 20.3 Å². The highest BCUT2D eigenvalue weighted by Crippen LogP contribution is 1.89. The summed E-state index contributed by atoms with van der Waals surface area (Å²) in [5, 5.41) is 3.35. The number of nitrogens with zero attached hydrogens (tertiary/aromatic N) is 2. The summed E-state index contributed by atoms with van der Waals surface area (Å²) < 4.78 is 0. The van der Waals surface area contributed by atoms with Crippen molar-refractivity contribution in [3.63, 3.8) is 0 Å². The van der Waals surface area contributed by atoms with E-state index in [-0.39, 0.29) is 0 Å². The third-order valence-corrected chi connectivity index (χ3v) is 1.70. The molecule has 0 aliphatic heterocycles.